The predicted octanol–water partition coefficient (Wildman–Crippen LogP) is 24.8. The molecular formula is C98H73BBrN8O2P-2. The highest BCUT2D eigenvalue weighted by Gasteiger charge is 2.51. The molecule has 6 aromatic heterocycles. The number of fused-ring (bicyclic) bond motifs is 6. The second kappa shape index (κ2) is 31.9. The number of aromatic nitrogens is 8. The molecule has 1 fully saturated rings. The van der Waals surface area contributed by atoms with Crippen LogP contribution < -0.4 is 5.46 Å². The lowest BCUT2D eigenvalue weighted by Crippen LogP contribution is -2.41. The zero-order valence-electron chi connectivity index (χ0n) is 61.5. The van der Waals surface area contributed by atoms with Gasteiger partial charge in [0.05, 0.1) is 78.8 Å². The van der Waals surface area contributed by atoms with Crippen molar-refractivity contribution in [2.45, 2.75) is 38.9 Å². The van der Waals surface area contributed by atoms with Crippen molar-refractivity contribution in [3.63, 3.8) is 0 Å². The minimum absolute atomic E-state index is 0. The third-order valence-corrected chi connectivity index (χ3v) is 20.9. The number of pyridine rings is 4. The van der Waals surface area contributed by atoms with Crippen molar-refractivity contribution in [1.82, 2.24) is 39.9 Å². The Morgan fingerprint density at radius 1 is 0.225 bits per heavy atom. The van der Waals surface area contributed by atoms with Gasteiger partial charge in [0.15, 0.2) is 11.6 Å². The number of rotatable bonds is 12. The largest absolute Gasteiger partial charge is 1.51 e. The van der Waals surface area contributed by atoms with Gasteiger partial charge in [0.25, 0.3) is 0 Å². The molecule has 19 rings (SSSR count). The Morgan fingerprint density at radius 3 is 0.838 bits per heavy atom. The molecule has 1 aliphatic heterocycles. The summed E-state index contributed by atoms with van der Waals surface area (Å²) in [6.45, 7) is 8.29. The standard InChI is InChI=1S/C46H30N4.C30H27BN2O2.C22H15BrN2.HP/c1-4-11-32(12-5-1)40-27-25-35-23-24-36-26-28-41(48-45(36)44(35)47-40)34-21-19-31(20-22-34)38-17-10-18-39(29-38)43-30-42(33-13-6-2-7-14-33)49-46(50-43)37-15-8-3-9-16-37;1-29(2)30(3,4)35-31(34-29)24-16-12-21(13-17-24)26-19-15-23-11-10-22-14-18-25(20-8-6-5-7-9-20)32-27(22)28(23)33-26;23-19-13-7-12-18(14-19)21-15-20(16-8-3-1-4-9-16)24-22(25-21)17-10-5-2-6-11-17;/h1-30H;5-19H,1-4H3;1-15H;1H/q;;;-2. The van der Waals surface area contributed by atoms with Gasteiger partial charge in [-0.15, -0.1) is 0 Å². The first-order valence-electron chi connectivity index (χ1n) is 36.8. The highest BCUT2D eigenvalue weighted by Crippen LogP contribution is 2.39. The minimum Gasteiger partial charge on any atom is -1.51 e. The van der Waals surface area contributed by atoms with Crippen LogP contribution in [0.3, 0.4) is 0 Å². The van der Waals surface area contributed by atoms with Gasteiger partial charge in [-0.25, -0.2) is 39.9 Å². The average molecular weight is 1520 g/mol. The summed E-state index contributed by atoms with van der Waals surface area (Å²) in [6, 6.07) is 124. The fraction of sp³-hybridized carbons (Fsp3) is 0.0612. The maximum atomic E-state index is 6.20. The highest BCUT2D eigenvalue weighted by atomic mass is 79.9. The molecule has 0 atom stereocenters. The van der Waals surface area contributed by atoms with E-state index in [2.05, 4.69) is 268 Å². The van der Waals surface area contributed by atoms with Crippen LogP contribution in [-0.4, -0.2) is 58.2 Å². The number of benzene rings is 12. The Bertz CT molecular complexity index is 6220. The van der Waals surface area contributed by atoms with Crippen LogP contribution in [0.25, 0.3) is 168 Å². The molecule has 111 heavy (non-hydrogen) atoms. The molecule has 534 valence electrons. The van der Waals surface area contributed by atoms with Gasteiger partial charge in [-0.2, -0.15) is 0 Å². The molecule has 7 heterocycles. The van der Waals surface area contributed by atoms with Gasteiger partial charge in [-0.1, -0.05) is 325 Å². The van der Waals surface area contributed by atoms with Crippen molar-refractivity contribution in [3.8, 4) is 124 Å². The predicted molar refractivity (Wildman–Crippen MR) is 463 cm³/mol. The van der Waals surface area contributed by atoms with Crippen LogP contribution >= 0.6 is 25.8 Å². The molecule has 0 bridgehead atoms. The molecule has 0 spiro atoms. The number of hydrogen-bond acceptors (Lipinski definition) is 10. The van der Waals surface area contributed by atoms with E-state index in [1.54, 1.807) is 0 Å². The summed E-state index contributed by atoms with van der Waals surface area (Å²) in [6.07, 6.45) is 0. The molecule has 0 N–H and O–H groups in total. The van der Waals surface area contributed by atoms with E-state index in [9.17, 15) is 0 Å². The summed E-state index contributed by atoms with van der Waals surface area (Å²) in [7, 11) is -0.372. The van der Waals surface area contributed by atoms with E-state index < -0.39 is 0 Å². The fourth-order valence-corrected chi connectivity index (χ4v) is 14.1. The van der Waals surface area contributed by atoms with Gasteiger partial charge in [-0.05, 0) is 98.9 Å². The summed E-state index contributed by atoms with van der Waals surface area (Å²) < 4.78 is 13.4. The number of halogens is 1. The Balaban J connectivity index is 0.000000134. The van der Waals surface area contributed by atoms with Crippen molar-refractivity contribution in [1.29, 1.82) is 0 Å². The molecule has 13 heteroatoms. The van der Waals surface area contributed by atoms with Crippen LogP contribution in [0, 0.1) is 0 Å². The first-order valence-corrected chi connectivity index (χ1v) is 37.6. The molecule has 12 aromatic carbocycles. The van der Waals surface area contributed by atoms with E-state index in [0.717, 1.165) is 172 Å². The Hall–Kier alpha value is -12.7. The quantitative estimate of drug-likeness (QED) is 0.0664. The van der Waals surface area contributed by atoms with Crippen molar-refractivity contribution >= 4 is 82.0 Å². The van der Waals surface area contributed by atoms with Gasteiger partial charge in [-0.3, -0.25) is 0 Å². The van der Waals surface area contributed by atoms with Crippen molar-refractivity contribution in [2.24, 2.45) is 0 Å². The minimum atomic E-state index is -0.372. The second-order valence-corrected chi connectivity index (χ2v) is 29.1. The third kappa shape index (κ3) is 15.8. The second-order valence-electron chi connectivity index (χ2n) is 28.2. The Kier molecular flexibility index (Phi) is 20.8. The number of nitrogens with zero attached hydrogens (tertiary/aromatic N) is 8. The molecule has 0 radical (unpaired) electrons. The fourth-order valence-electron chi connectivity index (χ4n) is 13.7. The lowest BCUT2D eigenvalue weighted by molar-refractivity contribution is 0.00578. The van der Waals surface area contributed by atoms with Gasteiger partial charge >= 0.3 is 7.12 Å². The lowest BCUT2D eigenvalue weighted by Gasteiger charge is -2.32. The summed E-state index contributed by atoms with van der Waals surface area (Å²) in [5.74, 6) is 1.44. The summed E-state index contributed by atoms with van der Waals surface area (Å²) in [4.78, 5) is 39.9. The van der Waals surface area contributed by atoms with E-state index in [1.807, 2.05) is 140 Å². The monoisotopic (exact) mass is 1510 g/mol. The average Bonchev–Trinajstić information content (AvgIpc) is 1.69. The molecule has 0 unspecified atom stereocenters. The first-order chi connectivity index (χ1) is 53.8. The molecule has 1 aliphatic rings. The maximum absolute atomic E-state index is 6.20. The van der Waals surface area contributed by atoms with Crippen molar-refractivity contribution < 1.29 is 9.31 Å². The Labute approximate surface area is 658 Å². The molecular weight excluding hydrogens is 1440 g/mol. The van der Waals surface area contributed by atoms with Crippen LogP contribution in [0.1, 0.15) is 27.7 Å². The highest BCUT2D eigenvalue weighted by molar-refractivity contribution is 9.10. The van der Waals surface area contributed by atoms with Crippen LogP contribution in [0.15, 0.2) is 368 Å². The topological polar surface area (TPSA) is 122 Å². The van der Waals surface area contributed by atoms with E-state index in [-0.39, 0.29) is 28.2 Å². The van der Waals surface area contributed by atoms with Crippen LogP contribution in [0.4, 0.5) is 0 Å². The van der Waals surface area contributed by atoms with Gasteiger partial charge in [0, 0.05) is 81.7 Å². The lowest BCUT2D eigenvalue weighted by atomic mass is 9.79. The first kappa shape index (κ1) is 72.5. The normalized spacial score (nSPS) is 12.7. The molecule has 0 amide bonds. The molecule has 0 saturated carbocycles. The molecule has 18 aromatic rings. The summed E-state index contributed by atoms with van der Waals surface area (Å²) >= 11 is 3.54. The summed E-state index contributed by atoms with van der Waals surface area (Å²) in [5, 5.41) is 4.31. The van der Waals surface area contributed by atoms with Crippen LogP contribution in [-0.2, 0) is 9.31 Å². The van der Waals surface area contributed by atoms with E-state index in [0.29, 0.717) is 5.82 Å². The Morgan fingerprint density at radius 2 is 0.486 bits per heavy atom. The smallest absolute Gasteiger partial charge is 0.494 e. The molecule has 1 saturated heterocycles. The zero-order chi connectivity index (χ0) is 74.6. The molecule has 0 aliphatic carbocycles. The van der Waals surface area contributed by atoms with Gasteiger partial charge in [0.1, 0.15) is 0 Å². The zero-order valence-corrected chi connectivity index (χ0v) is 64.1. The van der Waals surface area contributed by atoms with Crippen LogP contribution in [0.5, 0.6) is 0 Å². The number of hydrogen-bond donors (Lipinski definition) is 0. The van der Waals surface area contributed by atoms with Crippen molar-refractivity contribution in [3.05, 3.63) is 368 Å². The maximum Gasteiger partial charge on any atom is 0.494 e. The van der Waals surface area contributed by atoms with E-state index in [1.165, 1.54) is 0 Å². The van der Waals surface area contributed by atoms with Gasteiger partial charge in [0.2, 0.25) is 0 Å². The SMILES string of the molecule is Brc1cccc(-c2cc(-c3ccccc3)nc(-c3ccccc3)n2)c1.CC1(C)OB(c2ccc(-c3ccc4ccc5ccc(-c6ccccc6)nc5c4n3)cc2)OC1(C)C.[PH-2].c1ccc(-c2cc(-c3cccc(-c4ccc(-c5ccc6ccc7ccc(-c8ccccc8)nc7c6n5)cc4)c3)nc(-c3ccccc3)n2)cc1. The molecule has 10 nitrogen and oxygen atoms in total. The van der Waals surface area contributed by atoms with Gasteiger partial charge < -0.3 is 19.2 Å². The van der Waals surface area contributed by atoms with E-state index >= 15 is 0 Å². The third-order valence-electron chi connectivity index (χ3n) is 20.4. The summed E-state index contributed by atoms with van der Waals surface area (Å²) in [5.41, 5.74) is 24.0. The van der Waals surface area contributed by atoms with E-state index in [4.69, 9.17) is 49.2 Å². The van der Waals surface area contributed by atoms with Crippen LogP contribution in [0.2, 0.25) is 0 Å². The van der Waals surface area contributed by atoms with Crippen molar-refractivity contribution in [2.75, 3.05) is 0 Å².